The number of carbonyl (C=O) groups excluding carboxylic acids is 4. The number of aromatic nitrogens is 4. The van der Waals surface area contributed by atoms with E-state index in [0.717, 1.165) is 27.7 Å². The summed E-state index contributed by atoms with van der Waals surface area (Å²) in [6, 6.07) is 8.01. The molecule has 0 aromatic carbocycles. The van der Waals surface area contributed by atoms with E-state index < -0.39 is 17.5 Å². The van der Waals surface area contributed by atoms with Crippen LogP contribution >= 0.6 is 0 Å². The molecule has 0 saturated carbocycles. The maximum Gasteiger partial charge on any atom is 0.314 e. The van der Waals surface area contributed by atoms with Gasteiger partial charge in [0.05, 0.1) is 34.8 Å². The third-order valence-corrected chi connectivity index (χ3v) is 12.1. The van der Waals surface area contributed by atoms with E-state index in [1.807, 2.05) is 46.5 Å². The molecule has 0 unspecified atom stereocenters. The molecule has 2 amide bonds. The van der Waals surface area contributed by atoms with Gasteiger partial charge in [0.2, 0.25) is 11.8 Å². The predicted octanol–water partition coefficient (Wildman–Crippen LogP) is 4.88. The van der Waals surface area contributed by atoms with Crippen molar-refractivity contribution in [1.29, 1.82) is 0 Å². The molecule has 2 saturated heterocycles. The maximum atomic E-state index is 13.0. The van der Waals surface area contributed by atoms with Crippen molar-refractivity contribution in [3.63, 3.8) is 0 Å². The summed E-state index contributed by atoms with van der Waals surface area (Å²) in [4.78, 5) is 70.6. The van der Waals surface area contributed by atoms with Crippen molar-refractivity contribution in [2.45, 2.75) is 117 Å². The number of nitrogens with two attached hydrogens (primary N) is 1. The molecule has 8 radical (unpaired) electrons. The summed E-state index contributed by atoms with van der Waals surface area (Å²) in [6.07, 6.45) is 11.1. The first-order valence-electron chi connectivity index (χ1n) is 17.7. The number of hydrogen-bond acceptors (Lipinski definition) is 8. The Bertz CT molecular complexity index is 2350. The maximum absolute atomic E-state index is 13.0. The van der Waals surface area contributed by atoms with Crippen LogP contribution in [0.15, 0.2) is 46.2 Å². The second-order valence-corrected chi connectivity index (χ2v) is 16.0. The van der Waals surface area contributed by atoms with Crippen LogP contribution in [0.2, 0.25) is 0 Å². The molecule has 61 heavy (non-hydrogen) atoms. The standard InChI is InChI=1S/C20H22N3O3.C16H20N3O.C4H4O3.8Y/c1-12-17-13-7-6-10-21(13)19(2,3)20(4,5)22(17)11-14(18(12)26)23-15(24)8-9-16(23)25;1-10-13-12-7-6-8-18(12)15(2,3)16(4,5)19(13)9-11(17)14(10)20;5-3-1-2-4(6)7-3;;;;;;;;/h6-7,10H,8-9H2,1-5H3;6-8H,17H2,1-5H3;1-2H2;;;;;;;;/q2*-1;;;;;;;;;. The fourth-order valence-corrected chi connectivity index (χ4v) is 7.49. The molecular weight excluding hydrogens is 1390 g/mol. The predicted molar refractivity (Wildman–Crippen MR) is 199 cm³/mol. The molecule has 8 heterocycles. The van der Waals surface area contributed by atoms with E-state index in [1.165, 1.54) is 0 Å². The Morgan fingerprint density at radius 2 is 0.902 bits per heavy atom. The van der Waals surface area contributed by atoms with Crippen molar-refractivity contribution >= 4 is 35.1 Å². The molecule has 4 aromatic heterocycles. The summed E-state index contributed by atoms with van der Waals surface area (Å²) in [6.45, 7) is 20.7. The van der Waals surface area contributed by atoms with Gasteiger partial charge >= 0.3 is 11.9 Å². The van der Waals surface area contributed by atoms with Gasteiger partial charge in [-0.2, -0.15) is 0 Å². The number of esters is 2. The molecule has 0 aliphatic carbocycles. The molecular formula is C40H46N6O7Y8-2. The zero-order valence-electron chi connectivity index (χ0n) is 36.6. The number of fused-ring (bicyclic) bond motifs is 6. The van der Waals surface area contributed by atoms with E-state index in [9.17, 15) is 28.8 Å². The SMILES string of the molecule is Cc1c2n([c-]c(N)c1=O)C(C)(C)C(C)(C)n1cccc1-2.Cc1c2n([c-]c(N3C(=O)CCC3=O)c1=O)C(C)(C)C(C)(C)n1cccc1-2.O=C1CCC(=O)O1.[Y].[Y].[Y].[Y].[Y].[Y].[Y].[Y]. The van der Waals surface area contributed by atoms with Crippen molar-refractivity contribution in [3.05, 3.63) is 80.6 Å². The van der Waals surface area contributed by atoms with Gasteiger partial charge in [0.25, 0.3) is 0 Å². The molecule has 4 aliphatic heterocycles. The van der Waals surface area contributed by atoms with E-state index in [2.05, 4.69) is 87.9 Å². The Morgan fingerprint density at radius 3 is 1.26 bits per heavy atom. The normalized spacial score (nSPS) is 17.0. The van der Waals surface area contributed by atoms with Crippen molar-refractivity contribution in [2.24, 2.45) is 0 Å². The minimum absolute atomic E-state index is 0. The first-order valence-corrected chi connectivity index (χ1v) is 17.7. The molecule has 0 atom stereocenters. The van der Waals surface area contributed by atoms with Crippen LogP contribution in [0, 0.1) is 26.2 Å². The van der Waals surface area contributed by atoms with E-state index in [4.69, 9.17) is 5.73 Å². The Morgan fingerprint density at radius 1 is 0.541 bits per heavy atom. The van der Waals surface area contributed by atoms with E-state index in [0.29, 0.717) is 11.1 Å². The Hall–Kier alpha value is 3.37. The van der Waals surface area contributed by atoms with Crippen LogP contribution < -0.4 is 21.5 Å². The van der Waals surface area contributed by atoms with E-state index in [-0.39, 0.29) is 338 Å². The molecule has 8 rings (SSSR count). The van der Waals surface area contributed by atoms with Gasteiger partial charge in [0.15, 0.2) is 0 Å². The van der Waals surface area contributed by atoms with Crippen LogP contribution in [-0.4, -0.2) is 42.0 Å². The number of ether oxygens (including phenoxy) is 1. The van der Waals surface area contributed by atoms with Gasteiger partial charge in [-0.05, 0) is 96.7 Å². The first-order chi connectivity index (χ1) is 24.6. The van der Waals surface area contributed by atoms with Crippen molar-refractivity contribution in [3.8, 4) is 22.8 Å². The number of hydrogen-bond donors (Lipinski definition) is 1. The van der Waals surface area contributed by atoms with Crippen molar-refractivity contribution in [1.82, 2.24) is 18.3 Å². The molecule has 4 aliphatic rings. The Labute approximate surface area is 559 Å². The zero-order chi connectivity index (χ0) is 39.2. The number of nitrogen functional groups attached to an aromatic ring is 1. The van der Waals surface area contributed by atoms with Crippen LogP contribution in [0.5, 0.6) is 0 Å². The Balaban J connectivity index is -0.000000867. The van der Waals surface area contributed by atoms with Gasteiger partial charge in [-0.15, -0.1) is 0 Å². The molecule has 4 aromatic rings. The molecule has 304 valence electrons. The number of pyridine rings is 2. The third-order valence-electron chi connectivity index (χ3n) is 12.1. The van der Waals surface area contributed by atoms with Crippen LogP contribution in [0.1, 0.15) is 92.2 Å². The summed E-state index contributed by atoms with van der Waals surface area (Å²) in [5.74, 6) is -1.46. The minimum atomic E-state index is -0.437. The van der Waals surface area contributed by atoms with Gasteiger partial charge in [-0.1, -0.05) is 37.4 Å². The number of rotatable bonds is 1. The topological polar surface area (TPSA) is 161 Å². The fourth-order valence-electron chi connectivity index (χ4n) is 7.49. The molecule has 2 N–H and O–H groups in total. The third kappa shape index (κ3) is 12.3. The van der Waals surface area contributed by atoms with E-state index >= 15 is 0 Å². The number of nitrogens with zero attached hydrogens (tertiary/aromatic N) is 5. The minimum Gasteiger partial charge on any atom is -0.445 e. The summed E-state index contributed by atoms with van der Waals surface area (Å²) in [5.41, 5.74) is 9.40. The summed E-state index contributed by atoms with van der Waals surface area (Å²) in [7, 11) is 0. The smallest absolute Gasteiger partial charge is 0.314 e. The number of anilines is 2. The fraction of sp³-hybridized carbons (Fsp3) is 0.450. The number of cyclic esters (lactones) is 2. The molecule has 2 fully saturated rings. The van der Waals surface area contributed by atoms with Gasteiger partial charge in [0.1, 0.15) is 0 Å². The number of amides is 2. The van der Waals surface area contributed by atoms with Crippen LogP contribution in [0.4, 0.5) is 11.4 Å². The van der Waals surface area contributed by atoms with Gasteiger partial charge in [-0.25, -0.2) is 0 Å². The van der Waals surface area contributed by atoms with Crippen LogP contribution in [-0.2, 0) is 308 Å². The largest absolute Gasteiger partial charge is 0.445 e. The average molecular weight is 1430 g/mol. The average Bonchev–Trinajstić information content (AvgIpc) is 3.90. The van der Waals surface area contributed by atoms with E-state index in [1.54, 1.807) is 6.92 Å². The monoisotopic (exact) mass is 1430 g/mol. The molecule has 0 bridgehead atoms. The van der Waals surface area contributed by atoms with Gasteiger partial charge < -0.3 is 38.3 Å². The van der Waals surface area contributed by atoms with Gasteiger partial charge in [0, 0.05) is 315 Å². The van der Waals surface area contributed by atoms with Crippen LogP contribution in [0.3, 0.4) is 0 Å². The Kier molecular flexibility index (Phi) is 29.3. The summed E-state index contributed by atoms with van der Waals surface area (Å²) < 4.78 is 12.5. The van der Waals surface area contributed by atoms with Gasteiger partial charge in [-0.3, -0.25) is 24.1 Å². The zero-order valence-corrected chi connectivity index (χ0v) is 59.3. The second-order valence-electron chi connectivity index (χ2n) is 16.0. The van der Waals surface area contributed by atoms with Crippen molar-refractivity contribution in [2.75, 3.05) is 10.6 Å². The second kappa shape index (κ2) is 26.0. The number of carbonyl (C=O) groups is 4. The molecule has 13 nitrogen and oxygen atoms in total. The first kappa shape index (κ1) is 68.6. The van der Waals surface area contributed by atoms with Crippen LogP contribution in [0.25, 0.3) is 22.8 Å². The van der Waals surface area contributed by atoms with Crippen molar-refractivity contribution < 1.29 is 286 Å². The summed E-state index contributed by atoms with van der Waals surface area (Å²) in [5, 5.41) is 0. The summed E-state index contributed by atoms with van der Waals surface area (Å²) >= 11 is 0. The molecule has 0 spiro atoms. The quantitative estimate of drug-likeness (QED) is 0.122. The molecule has 21 heteroatoms. The number of imide groups is 1.